The van der Waals surface area contributed by atoms with Gasteiger partial charge in [0.05, 0.1) is 0 Å². The molecule has 1 heterocycles. The van der Waals surface area contributed by atoms with E-state index < -0.39 is 0 Å². The molecule has 0 saturated heterocycles. The topological polar surface area (TPSA) is 29.1 Å². The van der Waals surface area contributed by atoms with E-state index in [0.717, 1.165) is 23.6 Å². The lowest BCUT2D eigenvalue weighted by atomic mass is 9.87. The number of nitrogens with one attached hydrogen (secondary N) is 1. The number of amides is 1. The van der Waals surface area contributed by atoms with Crippen LogP contribution in [-0.2, 0) is 4.79 Å². The Morgan fingerprint density at radius 1 is 1.33 bits per heavy atom. The molecule has 0 aliphatic heterocycles. The molecule has 1 saturated carbocycles. The summed E-state index contributed by atoms with van der Waals surface area (Å²) in [4.78, 5) is 14.2. The smallest absolute Gasteiger partial charge is 0.244 e. The van der Waals surface area contributed by atoms with Gasteiger partial charge in [0.15, 0.2) is 0 Å². The molecule has 0 spiro atoms. The zero-order valence-electron chi connectivity index (χ0n) is 11.1. The van der Waals surface area contributed by atoms with Crippen molar-refractivity contribution in [2.45, 2.75) is 45.6 Å². The highest BCUT2D eigenvalue weighted by Crippen LogP contribution is 2.23. The third kappa shape index (κ3) is 3.98. The van der Waals surface area contributed by atoms with Gasteiger partial charge in [0.2, 0.25) is 5.91 Å². The first-order valence-electron chi connectivity index (χ1n) is 6.68. The SMILES string of the molecule is Cc1ccc(/C=C/C(=O)NC2CCC(C)CC2)s1. The summed E-state index contributed by atoms with van der Waals surface area (Å²) in [6.07, 6.45) is 8.27. The van der Waals surface area contributed by atoms with Crippen molar-refractivity contribution in [2.24, 2.45) is 5.92 Å². The second kappa shape index (κ2) is 6.19. The molecule has 2 rings (SSSR count). The van der Waals surface area contributed by atoms with Gasteiger partial charge in [-0.3, -0.25) is 4.79 Å². The Balaban J connectivity index is 1.80. The molecule has 1 amide bonds. The van der Waals surface area contributed by atoms with Crippen LogP contribution in [0.4, 0.5) is 0 Å². The van der Waals surface area contributed by atoms with Crippen LogP contribution in [0.1, 0.15) is 42.4 Å². The molecule has 0 unspecified atom stereocenters. The van der Waals surface area contributed by atoms with E-state index in [0.29, 0.717) is 6.04 Å². The number of carbonyl (C=O) groups excluding carboxylic acids is 1. The first-order valence-corrected chi connectivity index (χ1v) is 7.50. The largest absolute Gasteiger partial charge is 0.350 e. The summed E-state index contributed by atoms with van der Waals surface area (Å²) in [5.74, 6) is 0.864. The highest BCUT2D eigenvalue weighted by molar-refractivity contribution is 7.12. The molecule has 1 aromatic heterocycles. The van der Waals surface area contributed by atoms with Crippen LogP contribution in [-0.4, -0.2) is 11.9 Å². The van der Waals surface area contributed by atoms with Crippen LogP contribution < -0.4 is 5.32 Å². The molecule has 0 bridgehead atoms. The number of aryl methyl sites for hydroxylation is 1. The van der Waals surface area contributed by atoms with Crippen LogP contribution in [0.5, 0.6) is 0 Å². The van der Waals surface area contributed by atoms with E-state index in [9.17, 15) is 4.79 Å². The molecule has 0 aromatic carbocycles. The third-order valence-corrected chi connectivity index (χ3v) is 4.49. The van der Waals surface area contributed by atoms with Crippen molar-refractivity contribution >= 4 is 23.3 Å². The van der Waals surface area contributed by atoms with E-state index in [-0.39, 0.29) is 5.91 Å². The van der Waals surface area contributed by atoms with E-state index >= 15 is 0 Å². The lowest BCUT2D eigenvalue weighted by Crippen LogP contribution is -2.36. The van der Waals surface area contributed by atoms with E-state index in [1.54, 1.807) is 17.4 Å². The average Bonchev–Trinajstić information content (AvgIpc) is 2.76. The fourth-order valence-corrected chi connectivity index (χ4v) is 3.13. The van der Waals surface area contributed by atoms with Gasteiger partial charge in [-0.05, 0) is 56.7 Å². The molecular formula is C15H21NOS. The summed E-state index contributed by atoms with van der Waals surface area (Å²) in [6.45, 7) is 4.36. The molecule has 1 aromatic rings. The molecule has 3 heteroatoms. The molecule has 1 N–H and O–H groups in total. The standard InChI is InChI=1S/C15H21NOS/c1-11-3-6-13(7-4-11)16-15(17)10-9-14-8-5-12(2)18-14/h5,8-11,13H,3-4,6-7H2,1-2H3,(H,16,17)/b10-9+. The van der Waals surface area contributed by atoms with Gasteiger partial charge in [-0.15, -0.1) is 11.3 Å². The van der Waals surface area contributed by atoms with Gasteiger partial charge < -0.3 is 5.32 Å². The Kier molecular flexibility index (Phi) is 4.59. The Hall–Kier alpha value is -1.09. The lowest BCUT2D eigenvalue weighted by Gasteiger charge is -2.26. The highest BCUT2D eigenvalue weighted by atomic mass is 32.1. The summed E-state index contributed by atoms with van der Waals surface area (Å²) < 4.78 is 0. The van der Waals surface area contributed by atoms with Crippen molar-refractivity contribution in [3.63, 3.8) is 0 Å². The maximum atomic E-state index is 11.8. The molecular weight excluding hydrogens is 242 g/mol. The molecule has 1 aliphatic carbocycles. The minimum atomic E-state index is 0.0422. The van der Waals surface area contributed by atoms with Gasteiger partial charge >= 0.3 is 0 Å². The number of hydrogen-bond acceptors (Lipinski definition) is 2. The lowest BCUT2D eigenvalue weighted by molar-refractivity contribution is -0.117. The van der Waals surface area contributed by atoms with Gasteiger partial charge in [0.25, 0.3) is 0 Å². The quantitative estimate of drug-likeness (QED) is 0.826. The van der Waals surface area contributed by atoms with E-state index in [1.807, 2.05) is 12.1 Å². The zero-order valence-corrected chi connectivity index (χ0v) is 11.9. The third-order valence-electron chi connectivity index (χ3n) is 3.52. The number of carbonyl (C=O) groups is 1. The van der Waals surface area contributed by atoms with Gasteiger partial charge in [-0.25, -0.2) is 0 Å². The fraction of sp³-hybridized carbons (Fsp3) is 0.533. The van der Waals surface area contributed by atoms with Gasteiger partial charge in [-0.1, -0.05) is 6.92 Å². The van der Waals surface area contributed by atoms with Crippen molar-refractivity contribution in [2.75, 3.05) is 0 Å². The van der Waals surface area contributed by atoms with Gasteiger partial charge in [0.1, 0.15) is 0 Å². The second-order valence-corrected chi connectivity index (χ2v) is 6.57. The van der Waals surface area contributed by atoms with Gasteiger partial charge in [-0.2, -0.15) is 0 Å². The Bertz CT molecular complexity index is 427. The van der Waals surface area contributed by atoms with E-state index in [1.165, 1.54) is 17.7 Å². The van der Waals surface area contributed by atoms with Crippen molar-refractivity contribution in [1.82, 2.24) is 5.32 Å². The average molecular weight is 263 g/mol. The maximum absolute atomic E-state index is 11.8. The van der Waals surface area contributed by atoms with Gasteiger partial charge in [0, 0.05) is 21.9 Å². The number of rotatable bonds is 3. The van der Waals surface area contributed by atoms with Crippen LogP contribution in [0.15, 0.2) is 18.2 Å². The van der Waals surface area contributed by atoms with Crippen LogP contribution in [0.2, 0.25) is 0 Å². The molecule has 0 radical (unpaired) electrons. The molecule has 0 atom stereocenters. The van der Waals surface area contributed by atoms with Crippen molar-refractivity contribution in [3.05, 3.63) is 28.0 Å². The highest BCUT2D eigenvalue weighted by Gasteiger charge is 2.18. The molecule has 18 heavy (non-hydrogen) atoms. The molecule has 98 valence electrons. The molecule has 2 nitrogen and oxygen atoms in total. The zero-order chi connectivity index (χ0) is 13.0. The van der Waals surface area contributed by atoms with Crippen molar-refractivity contribution < 1.29 is 4.79 Å². The Morgan fingerprint density at radius 3 is 2.67 bits per heavy atom. The second-order valence-electron chi connectivity index (χ2n) is 5.25. The Labute approximate surface area is 113 Å². The fourth-order valence-electron chi connectivity index (χ4n) is 2.35. The van der Waals surface area contributed by atoms with Crippen LogP contribution in [0.3, 0.4) is 0 Å². The summed E-state index contributed by atoms with van der Waals surface area (Å²) in [5.41, 5.74) is 0. The molecule has 1 aliphatic rings. The van der Waals surface area contributed by atoms with E-state index in [4.69, 9.17) is 0 Å². The number of hydrogen-bond donors (Lipinski definition) is 1. The summed E-state index contributed by atoms with van der Waals surface area (Å²) in [5, 5.41) is 3.10. The first-order chi connectivity index (χ1) is 8.63. The minimum absolute atomic E-state index is 0.0422. The predicted molar refractivity (Wildman–Crippen MR) is 77.7 cm³/mol. The van der Waals surface area contributed by atoms with Crippen molar-refractivity contribution in [3.8, 4) is 0 Å². The van der Waals surface area contributed by atoms with Crippen molar-refractivity contribution in [1.29, 1.82) is 0 Å². The Morgan fingerprint density at radius 2 is 2.06 bits per heavy atom. The monoisotopic (exact) mass is 263 g/mol. The molecule has 1 fully saturated rings. The van der Waals surface area contributed by atoms with Crippen LogP contribution in [0, 0.1) is 12.8 Å². The predicted octanol–water partition coefficient (Wildman–Crippen LogP) is 3.76. The van der Waals surface area contributed by atoms with Crippen LogP contribution >= 0.6 is 11.3 Å². The number of thiophene rings is 1. The van der Waals surface area contributed by atoms with Crippen LogP contribution in [0.25, 0.3) is 6.08 Å². The summed E-state index contributed by atoms with van der Waals surface area (Å²) >= 11 is 1.71. The van der Waals surface area contributed by atoms with E-state index in [2.05, 4.69) is 25.2 Å². The summed E-state index contributed by atoms with van der Waals surface area (Å²) in [7, 11) is 0. The summed E-state index contributed by atoms with van der Waals surface area (Å²) in [6, 6.07) is 4.50. The minimum Gasteiger partial charge on any atom is -0.350 e. The maximum Gasteiger partial charge on any atom is 0.244 e. The first kappa shape index (κ1) is 13.3. The normalized spacial score (nSPS) is 24.3.